The summed E-state index contributed by atoms with van der Waals surface area (Å²) in [6.45, 7) is 4.64. The number of methoxy groups -OCH3 is 1. The molecule has 0 aliphatic rings. The van der Waals surface area contributed by atoms with Crippen molar-refractivity contribution in [2.45, 2.75) is 13.8 Å². The van der Waals surface area contributed by atoms with Crippen molar-refractivity contribution in [1.82, 2.24) is 10.2 Å². The summed E-state index contributed by atoms with van der Waals surface area (Å²) in [5.41, 5.74) is 6.56. The Morgan fingerprint density at radius 3 is 2.55 bits per heavy atom. The molecule has 0 atom stereocenters. The van der Waals surface area contributed by atoms with E-state index in [0.717, 1.165) is 0 Å². The van der Waals surface area contributed by atoms with Gasteiger partial charge in [-0.2, -0.15) is 0 Å². The molecule has 0 spiro atoms. The Morgan fingerprint density at radius 2 is 2.05 bits per heavy atom. The molecule has 1 rings (SSSR count). The van der Waals surface area contributed by atoms with Crippen LogP contribution >= 0.6 is 0 Å². The van der Waals surface area contributed by atoms with Gasteiger partial charge in [0.25, 0.3) is 5.91 Å². The van der Waals surface area contributed by atoms with Crippen LogP contribution in [0, 0.1) is 0 Å². The second-order valence-corrected chi connectivity index (χ2v) is 4.23. The average Bonchev–Trinajstić information content (AvgIpc) is 2.44. The first-order chi connectivity index (χ1) is 9.53. The molecular formula is C14H21N3O3. The minimum Gasteiger partial charge on any atom is -0.497 e. The topological polar surface area (TPSA) is 84.7 Å². The highest BCUT2D eigenvalue weighted by molar-refractivity contribution is 6.00. The van der Waals surface area contributed by atoms with Gasteiger partial charge in [0.1, 0.15) is 5.75 Å². The fourth-order valence-electron chi connectivity index (χ4n) is 1.79. The average molecular weight is 279 g/mol. The number of benzene rings is 1. The van der Waals surface area contributed by atoms with Gasteiger partial charge < -0.3 is 20.7 Å². The van der Waals surface area contributed by atoms with Crippen LogP contribution in [-0.4, -0.2) is 43.5 Å². The molecule has 0 aliphatic heterocycles. The Morgan fingerprint density at radius 1 is 1.35 bits per heavy atom. The summed E-state index contributed by atoms with van der Waals surface area (Å²) in [6, 6.07) is 4.87. The molecule has 20 heavy (non-hydrogen) atoms. The highest BCUT2D eigenvalue weighted by Crippen LogP contribution is 2.20. The molecule has 0 saturated carbocycles. The maximum absolute atomic E-state index is 12.4. The van der Waals surface area contributed by atoms with E-state index in [1.165, 1.54) is 12.0 Å². The number of likely N-dealkylation sites (N-methyl/N-ethyl adjacent to an activating group) is 2. The van der Waals surface area contributed by atoms with Gasteiger partial charge in [-0.05, 0) is 26.0 Å². The Hall–Kier alpha value is -2.24. The lowest BCUT2D eigenvalue weighted by Gasteiger charge is -2.21. The Bertz CT molecular complexity index is 489. The number of hydrogen-bond acceptors (Lipinski definition) is 4. The molecule has 0 unspecified atom stereocenters. The zero-order valence-corrected chi connectivity index (χ0v) is 12.1. The number of hydrogen-bond donors (Lipinski definition) is 2. The van der Waals surface area contributed by atoms with Crippen LogP contribution in [0.15, 0.2) is 18.2 Å². The van der Waals surface area contributed by atoms with E-state index in [2.05, 4.69) is 5.32 Å². The van der Waals surface area contributed by atoms with Gasteiger partial charge in [-0.15, -0.1) is 0 Å². The SMILES string of the molecule is CCNC(=O)CN(CC)C(=O)c1ccc(OC)cc1N. The molecule has 0 aliphatic carbocycles. The maximum Gasteiger partial charge on any atom is 0.256 e. The van der Waals surface area contributed by atoms with Crippen LogP contribution in [-0.2, 0) is 4.79 Å². The van der Waals surface area contributed by atoms with Gasteiger partial charge in [0.15, 0.2) is 0 Å². The summed E-state index contributed by atoms with van der Waals surface area (Å²) in [7, 11) is 1.53. The van der Waals surface area contributed by atoms with E-state index in [9.17, 15) is 9.59 Å². The number of anilines is 1. The van der Waals surface area contributed by atoms with Crippen LogP contribution in [0.1, 0.15) is 24.2 Å². The van der Waals surface area contributed by atoms with Crippen molar-refractivity contribution in [3.8, 4) is 5.75 Å². The third-order valence-electron chi connectivity index (χ3n) is 2.87. The molecule has 0 saturated heterocycles. The van der Waals surface area contributed by atoms with Crippen molar-refractivity contribution in [1.29, 1.82) is 0 Å². The standard InChI is InChI=1S/C14H21N3O3/c1-4-16-13(18)9-17(5-2)14(19)11-7-6-10(20-3)8-12(11)15/h6-8H,4-5,9,15H2,1-3H3,(H,16,18). The summed E-state index contributed by atoms with van der Waals surface area (Å²) in [5, 5.41) is 2.67. The highest BCUT2D eigenvalue weighted by atomic mass is 16.5. The summed E-state index contributed by atoms with van der Waals surface area (Å²) >= 11 is 0. The summed E-state index contributed by atoms with van der Waals surface area (Å²) in [6.07, 6.45) is 0. The minimum atomic E-state index is -0.265. The third-order valence-corrected chi connectivity index (χ3v) is 2.87. The van der Waals surface area contributed by atoms with Crippen LogP contribution < -0.4 is 15.8 Å². The molecule has 0 radical (unpaired) electrons. The fourth-order valence-corrected chi connectivity index (χ4v) is 1.79. The summed E-state index contributed by atoms with van der Waals surface area (Å²) in [4.78, 5) is 25.4. The van der Waals surface area contributed by atoms with Gasteiger partial charge in [0, 0.05) is 24.8 Å². The molecule has 6 heteroatoms. The summed E-state index contributed by atoms with van der Waals surface area (Å²) in [5.74, 6) is 0.138. The molecule has 0 heterocycles. The van der Waals surface area contributed by atoms with Crippen molar-refractivity contribution in [3.05, 3.63) is 23.8 Å². The van der Waals surface area contributed by atoms with Gasteiger partial charge in [-0.1, -0.05) is 0 Å². The molecule has 1 aromatic rings. The predicted molar refractivity (Wildman–Crippen MR) is 77.7 cm³/mol. The first kappa shape index (κ1) is 15.8. The number of carbonyl (C=O) groups excluding carboxylic acids is 2. The monoisotopic (exact) mass is 279 g/mol. The van der Waals surface area contributed by atoms with E-state index in [0.29, 0.717) is 30.1 Å². The van der Waals surface area contributed by atoms with Gasteiger partial charge in [0.2, 0.25) is 5.91 Å². The van der Waals surface area contributed by atoms with Crippen LogP contribution in [0.4, 0.5) is 5.69 Å². The number of ether oxygens (including phenoxy) is 1. The number of nitrogens with two attached hydrogens (primary N) is 1. The third kappa shape index (κ3) is 3.88. The largest absolute Gasteiger partial charge is 0.497 e. The van der Waals surface area contributed by atoms with Gasteiger partial charge >= 0.3 is 0 Å². The molecule has 3 N–H and O–H groups in total. The minimum absolute atomic E-state index is 0.0225. The first-order valence-electron chi connectivity index (χ1n) is 6.52. The number of nitrogens with zero attached hydrogens (tertiary/aromatic N) is 1. The highest BCUT2D eigenvalue weighted by Gasteiger charge is 2.19. The summed E-state index contributed by atoms with van der Waals surface area (Å²) < 4.78 is 5.04. The van der Waals surface area contributed by atoms with E-state index in [1.807, 2.05) is 13.8 Å². The van der Waals surface area contributed by atoms with Gasteiger partial charge in [0.05, 0.1) is 19.2 Å². The predicted octanol–water partition coefficient (Wildman–Crippen LogP) is 0.876. The van der Waals surface area contributed by atoms with Crippen LogP contribution in [0.2, 0.25) is 0 Å². The van der Waals surface area contributed by atoms with Crippen molar-refractivity contribution in [3.63, 3.8) is 0 Å². The van der Waals surface area contributed by atoms with E-state index in [4.69, 9.17) is 10.5 Å². The zero-order valence-electron chi connectivity index (χ0n) is 12.1. The van der Waals surface area contributed by atoms with E-state index < -0.39 is 0 Å². The van der Waals surface area contributed by atoms with Gasteiger partial charge in [-0.25, -0.2) is 0 Å². The fraction of sp³-hybridized carbons (Fsp3) is 0.429. The number of rotatable bonds is 6. The number of nitrogens with one attached hydrogen (secondary N) is 1. The number of amides is 2. The lowest BCUT2D eigenvalue weighted by molar-refractivity contribution is -0.121. The molecular weight excluding hydrogens is 258 g/mol. The number of carbonyl (C=O) groups is 2. The first-order valence-corrected chi connectivity index (χ1v) is 6.52. The second kappa shape index (κ2) is 7.37. The maximum atomic E-state index is 12.4. The molecule has 0 aromatic heterocycles. The second-order valence-electron chi connectivity index (χ2n) is 4.23. The van der Waals surface area contributed by atoms with Crippen LogP contribution in [0.5, 0.6) is 5.75 Å². The van der Waals surface area contributed by atoms with Gasteiger partial charge in [-0.3, -0.25) is 9.59 Å². The van der Waals surface area contributed by atoms with E-state index in [-0.39, 0.29) is 18.4 Å². The lowest BCUT2D eigenvalue weighted by atomic mass is 10.1. The van der Waals surface area contributed by atoms with Crippen LogP contribution in [0.25, 0.3) is 0 Å². The van der Waals surface area contributed by atoms with Crippen LogP contribution in [0.3, 0.4) is 0 Å². The Labute approximate surface area is 118 Å². The van der Waals surface area contributed by atoms with E-state index >= 15 is 0 Å². The molecule has 2 amide bonds. The van der Waals surface area contributed by atoms with Crippen molar-refractivity contribution < 1.29 is 14.3 Å². The van der Waals surface area contributed by atoms with Crippen molar-refractivity contribution in [2.24, 2.45) is 0 Å². The quantitative estimate of drug-likeness (QED) is 0.757. The zero-order chi connectivity index (χ0) is 15.1. The van der Waals surface area contributed by atoms with Crippen molar-refractivity contribution in [2.75, 3.05) is 32.5 Å². The molecule has 0 bridgehead atoms. The molecule has 110 valence electrons. The van der Waals surface area contributed by atoms with Crippen molar-refractivity contribution >= 4 is 17.5 Å². The smallest absolute Gasteiger partial charge is 0.256 e. The number of nitrogen functional groups attached to an aromatic ring is 1. The molecule has 6 nitrogen and oxygen atoms in total. The lowest BCUT2D eigenvalue weighted by Crippen LogP contribution is -2.40. The Kier molecular flexibility index (Phi) is 5.83. The molecule has 1 aromatic carbocycles. The molecule has 0 fully saturated rings. The Balaban J connectivity index is 2.88. The normalized spacial score (nSPS) is 9.95. The van der Waals surface area contributed by atoms with E-state index in [1.54, 1.807) is 18.2 Å².